The van der Waals surface area contributed by atoms with Gasteiger partial charge in [-0.25, -0.2) is 0 Å². The quantitative estimate of drug-likeness (QED) is 0.494. The maximum absolute atomic E-state index is 12.6. The van der Waals surface area contributed by atoms with Crippen LogP contribution in [0.15, 0.2) is 60.0 Å². The highest BCUT2D eigenvalue weighted by molar-refractivity contribution is 6.30. The number of aliphatic hydroxyl groups is 1. The number of rotatable bonds is 2. The van der Waals surface area contributed by atoms with Crippen molar-refractivity contribution in [3.05, 3.63) is 70.5 Å². The second kappa shape index (κ2) is 6.21. The molecule has 0 saturated heterocycles. The highest BCUT2D eigenvalue weighted by atomic mass is 35.5. The van der Waals surface area contributed by atoms with Crippen molar-refractivity contribution >= 4 is 34.6 Å². The van der Waals surface area contributed by atoms with Crippen LogP contribution in [0.2, 0.25) is 5.02 Å². The van der Waals surface area contributed by atoms with E-state index in [9.17, 15) is 9.90 Å². The molecule has 0 fully saturated rings. The third kappa shape index (κ3) is 2.95. The summed E-state index contributed by atoms with van der Waals surface area (Å²) in [5.41, 5.74) is 5.12. The molecule has 0 radical (unpaired) electrons. The molecule has 0 atom stereocenters. The number of nitrogens with zero attached hydrogens (tertiary/aromatic N) is 1. The maximum atomic E-state index is 12.6. The molecule has 2 aromatic carbocycles. The third-order valence-electron chi connectivity index (χ3n) is 3.59. The summed E-state index contributed by atoms with van der Waals surface area (Å²) < 4.78 is 0. The van der Waals surface area contributed by atoms with E-state index in [1.165, 1.54) is 0 Å². The van der Waals surface area contributed by atoms with E-state index in [-0.39, 0.29) is 17.4 Å². The molecule has 116 valence electrons. The Hall–Kier alpha value is -2.68. The molecule has 0 aromatic heterocycles. The molecule has 1 aliphatic rings. The fourth-order valence-corrected chi connectivity index (χ4v) is 2.57. The Morgan fingerprint density at radius 1 is 1.22 bits per heavy atom. The summed E-state index contributed by atoms with van der Waals surface area (Å²) >= 11 is 5.84. The largest absolute Gasteiger partial charge is 0.501 e. The monoisotopic (exact) mass is 326 g/mol. The smallest absolute Gasteiger partial charge is 0.283 e. The van der Waals surface area contributed by atoms with Gasteiger partial charge in [0.1, 0.15) is 0 Å². The van der Waals surface area contributed by atoms with Crippen molar-refractivity contribution in [1.29, 1.82) is 0 Å². The van der Waals surface area contributed by atoms with Gasteiger partial charge < -0.3 is 15.3 Å². The number of anilines is 2. The average Bonchev–Trinajstić information content (AvgIpc) is 2.56. The number of carbonyl (C=O) groups is 1. The molecule has 0 spiro atoms. The number of nitrogens with one attached hydrogen (secondary N) is 1. The van der Waals surface area contributed by atoms with Gasteiger partial charge in [0.2, 0.25) is 0 Å². The molecule has 0 unspecified atom stereocenters. The van der Waals surface area contributed by atoms with E-state index in [4.69, 9.17) is 11.6 Å². The molecule has 1 aliphatic heterocycles. The van der Waals surface area contributed by atoms with Crippen molar-refractivity contribution in [1.82, 2.24) is 0 Å². The number of carbonyl (C=O) groups excluding carboxylic acids is 1. The number of benzene rings is 2. The molecule has 0 aliphatic carbocycles. The Labute approximate surface area is 139 Å². The number of aliphatic hydroxyl groups excluding tert-OH is 1. The number of hydrogen-bond acceptors (Lipinski definition) is 3. The van der Waals surface area contributed by atoms with Crippen molar-refractivity contribution in [2.75, 3.05) is 16.8 Å². The van der Waals surface area contributed by atoms with Crippen molar-refractivity contribution in [3.63, 3.8) is 0 Å². The third-order valence-corrected chi connectivity index (χ3v) is 3.84. The normalized spacial score (nSPS) is 13.2. The van der Waals surface area contributed by atoms with Gasteiger partial charge in [-0.1, -0.05) is 23.7 Å². The van der Waals surface area contributed by atoms with E-state index in [0.717, 1.165) is 11.4 Å². The molecule has 2 N–H and O–H groups in total. The van der Waals surface area contributed by atoms with Crippen molar-refractivity contribution in [2.24, 2.45) is 0 Å². The fraction of sp³-hybridized carbons (Fsp3) is 0.111. The van der Waals surface area contributed by atoms with Crippen LogP contribution in [0.5, 0.6) is 0 Å². The lowest BCUT2D eigenvalue weighted by Gasteiger charge is -2.29. The Morgan fingerprint density at radius 2 is 1.91 bits per heavy atom. The van der Waals surface area contributed by atoms with Gasteiger partial charge in [0.25, 0.3) is 5.91 Å². The first-order valence-electron chi connectivity index (χ1n) is 7.24. The first kappa shape index (κ1) is 15.2. The minimum Gasteiger partial charge on any atom is -0.501 e. The van der Waals surface area contributed by atoms with Gasteiger partial charge in [-0.3, -0.25) is 4.79 Å². The fourth-order valence-electron chi connectivity index (χ4n) is 2.44. The average molecular weight is 327 g/mol. The van der Waals surface area contributed by atoms with Crippen LogP contribution in [0, 0.1) is 0 Å². The summed E-state index contributed by atoms with van der Waals surface area (Å²) in [5, 5.41) is 13.8. The highest BCUT2D eigenvalue weighted by Crippen LogP contribution is 2.32. The summed E-state index contributed by atoms with van der Waals surface area (Å²) in [5.74, 6) is -0.348. The molecule has 4 nitrogen and oxygen atoms in total. The van der Waals surface area contributed by atoms with Crippen LogP contribution in [0.25, 0.3) is 5.76 Å². The predicted molar refractivity (Wildman–Crippen MR) is 92.6 cm³/mol. The Bertz CT molecular complexity index is 821. The van der Waals surface area contributed by atoms with E-state index in [1.54, 1.807) is 29.2 Å². The van der Waals surface area contributed by atoms with Gasteiger partial charge in [0, 0.05) is 17.1 Å². The minimum atomic E-state index is -0.230. The number of amides is 1. The highest BCUT2D eigenvalue weighted by Gasteiger charge is 2.26. The van der Waals surface area contributed by atoms with Crippen LogP contribution < -0.4 is 10.2 Å². The van der Waals surface area contributed by atoms with Crippen molar-refractivity contribution in [3.8, 4) is 0 Å². The number of fused-ring (bicyclic) bond motifs is 1. The van der Waals surface area contributed by atoms with E-state index in [2.05, 4.69) is 11.0 Å². The van der Waals surface area contributed by atoms with Crippen LogP contribution in [-0.2, 0) is 4.79 Å². The first-order valence-corrected chi connectivity index (χ1v) is 7.61. The summed E-state index contributed by atoms with van der Waals surface area (Å²) in [7, 11) is 0. The van der Waals surface area contributed by atoms with Crippen LogP contribution in [0.1, 0.15) is 12.5 Å². The van der Waals surface area contributed by atoms with E-state index >= 15 is 0 Å². The van der Waals surface area contributed by atoms with Gasteiger partial charge in [0.15, 0.2) is 11.5 Å². The molecular formula is C18H15ClN2O2. The molecule has 1 amide bonds. The molecule has 23 heavy (non-hydrogen) atoms. The first-order chi connectivity index (χ1) is 11.1. The van der Waals surface area contributed by atoms with Crippen LogP contribution in [0.3, 0.4) is 0 Å². The van der Waals surface area contributed by atoms with Gasteiger partial charge in [-0.05, 0) is 49.1 Å². The molecule has 2 aromatic rings. The molecule has 1 heterocycles. The van der Waals surface area contributed by atoms with Gasteiger partial charge in [0.05, 0.1) is 11.4 Å². The lowest BCUT2D eigenvalue weighted by atomic mass is 10.1. The zero-order valence-corrected chi connectivity index (χ0v) is 13.3. The number of para-hydroxylation sites is 2. The van der Waals surface area contributed by atoms with Gasteiger partial charge in [-0.15, -0.1) is 0 Å². The van der Waals surface area contributed by atoms with Crippen molar-refractivity contribution < 1.29 is 9.90 Å². The Morgan fingerprint density at radius 3 is 2.61 bits per heavy atom. The van der Waals surface area contributed by atoms with Crippen molar-refractivity contribution in [2.45, 2.75) is 6.92 Å². The molecule has 5 heteroatoms. The molecular weight excluding hydrogens is 312 g/mol. The summed E-state index contributed by atoms with van der Waals surface area (Å²) in [6.45, 7) is 2.44. The summed E-state index contributed by atoms with van der Waals surface area (Å²) in [6.07, 6.45) is 0. The zero-order chi connectivity index (χ0) is 16.4. The number of likely N-dealkylation sites (N-methyl/N-ethyl adjacent to an activating group) is 1. The second-order valence-electron chi connectivity index (χ2n) is 5.05. The predicted octanol–water partition coefficient (Wildman–Crippen LogP) is 4.20. The summed E-state index contributed by atoms with van der Waals surface area (Å²) in [6, 6.07) is 14.2. The van der Waals surface area contributed by atoms with E-state index in [1.807, 2.05) is 31.2 Å². The Kier molecular flexibility index (Phi) is 4.11. The molecule has 3 rings (SSSR count). The van der Waals surface area contributed by atoms with Crippen LogP contribution >= 0.6 is 11.6 Å². The summed E-state index contributed by atoms with van der Waals surface area (Å²) in [4.78, 5) is 14.2. The van der Waals surface area contributed by atoms with Gasteiger partial charge >= 0.3 is 0 Å². The van der Waals surface area contributed by atoms with E-state index < -0.39 is 0 Å². The minimum absolute atomic E-state index is 0.118. The lowest BCUT2D eigenvalue weighted by molar-refractivity contribution is -0.115. The van der Waals surface area contributed by atoms with Crippen LogP contribution in [0.4, 0.5) is 11.4 Å². The molecule has 0 saturated carbocycles. The maximum Gasteiger partial charge on any atom is 0.283 e. The second-order valence-corrected chi connectivity index (χ2v) is 5.48. The zero-order valence-electron chi connectivity index (χ0n) is 12.5. The van der Waals surface area contributed by atoms with Gasteiger partial charge in [-0.2, -0.15) is 0 Å². The molecule has 0 bridgehead atoms. The van der Waals surface area contributed by atoms with Crippen LogP contribution in [-0.4, -0.2) is 17.6 Å². The number of halogens is 1. The topological polar surface area (TPSA) is 52.6 Å². The SMILES string of the molecule is CCN1C(=O)C(=C=C(O)c2ccc(Cl)cc2)Nc2ccccc21. The standard InChI is InChI=1S/C18H15ClN2O2/c1-2-21-16-6-4-3-5-14(16)20-15(18(21)23)11-17(22)12-7-9-13(19)10-8-12/h3-10,20,22H,2H2,1H3. The van der Waals surface area contributed by atoms with E-state index in [0.29, 0.717) is 17.1 Å². The Balaban J connectivity index is 2.07. The lowest BCUT2D eigenvalue weighted by Crippen LogP contribution is -2.37. The number of hydrogen-bond donors (Lipinski definition) is 2.